The molecule has 0 aromatic carbocycles. The van der Waals surface area contributed by atoms with Crippen molar-refractivity contribution in [2.24, 2.45) is 94.7 Å². The number of carbonyl (C=O) groups is 6. The zero-order valence-electron chi connectivity index (χ0n) is 25.9. The maximum atomic E-state index is 12.9. The van der Waals surface area contributed by atoms with Gasteiger partial charge in [-0.05, 0) is 74.0 Å². The highest BCUT2D eigenvalue weighted by Gasteiger charge is 2.70. The summed E-state index contributed by atoms with van der Waals surface area (Å²) in [5, 5.41) is 19.8. The first-order valence-corrected chi connectivity index (χ1v) is 17.8. The van der Waals surface area contributed by atoms with Crippen LogP contribution >= 0.6 is 0 Å². The molecule has 0 aromatic heterocycles. The van der Waals surface area contributed by atoms with E-state index in [1.165, 1.54) is 0 Å². The molecule has 250 valence electrons. The Morgan fingerprint density at radius 2 is 1.21 bits per heavy atom. The lowest BCUT2D eigenvalue weighted by Gasteiger charge is -2.31. The quantitative estimate of drug-likeness (QED) is 0.254. The molecule has 8 bridgehead atoms. The van der Waals surface area contributed by atoms with Crippen LogP contribution in [0.3, 0.4) is 0 Å². The molecule has 1 aliphatic heterocycles. The number of fused-ring (bicyclic) bond motifs is 5. The summed E-state index contributed by atoms with van der Waals surface area (Å²) in [6.45, 7) is 0. The normalized spacial score (nSPS) is 55.2. The SMILES string of the molecule is O=C1CC2C3CC(CC13)C2OC(=O)C1C2C=CC(C2)C1C(=O)O.O=C1CC2C3CC(CC13)C2OC(=O)C1C2CC3C(OC(=O)C31)C2O. The summed E-state index contributed by atoms with van der Waals surface area (Å²) in [5.41, 5.74) is 0. The van der Waals surface area contributed by atoms with Crippen molar-refractivity contribution in [2.75, 3.05) is 0 Å². The largest absolute Gasteiger partial charge is 0.481 e. The van der Waals surface area contributed by atoms with E-state index in [1.54, 1.807) is 0 Å². The molecule has 10 aliphatic carbocycles. The standard InChI is InChI=1S/C18H20O6.C18H20O5/c19-11-4-8-6-1-5(2-7(6)11)15(8)23-17(21)12-9-3-10-13(12)18(22)24-16(10)14(9)20;19-13-6-12-10-4-9(5-11(10)13)16(12)23-18(22)15-8-2-1-7(3-8)14(15)17(20)21/h5-10,12-16,20H,1-4H2;1-2,7-12,14-16H,3-6H2,(H,20,21). The molecule has 20 atom stereocenters. The second kappa shape index (κ2) is 9.76. The Morgan fingerprint density at radius 3 is 1.79 bits per heavy atom. The van der Waals surface area contributed by atoms with Gasteiger partial charge in [0, 0.05) is 48.3 Å². The van der Waals surface area contributed by atoms with Crippen LogP contribution in [0.5, 0.6) is 0 Å². The lowest BCUT2D eigenvalue weighted by molar-refractivity contribution is -0.166. The van der Waals surface area contributed by atoms with E-state index in [2.05, 4.69) is 0 Å². The maximum absolute atomic E-state index is 12.9. The minimum Gasteiger partial charge on any atom is -0.481 e. The molecule has 0 aromatic rings. The lowest BCUT2D eigenvalue weighted by atomic mass is 9.78. The van der Waals surface area contributed by atoms with E-state index in [0.717, 1.165) is 32.1 Å². The molecule has 11 aliphatic rings. The smallest absolute Gasteiger partial charge is 0.310 e. The number of Topliss-reactive ketones (excluding diaryl/α,β-unsaturated/α-hetero) is 2. The first-order valence-electron chi connectivity index (χ1n) is 17.8. The maximum Gasteiger partial charge on any atom is 0.310 e. The van der Waals surface area contributed by atoms with Gasteiger partial charge in [0.05, 0.1) is 29.8 Å². The molecule has 11 rings (SSSR count). The van der Waals surface area contributed by atoms with Gasteiger partial charge in [-0.15, -0.1) is 0 Å². The number of carboxylic acids is 1. The molecular formula is C36H40O11. The van der Waals surface area contributed by atoms with Crippen molar-refractivity contribution in [2.45, 2.75) is 75.8 Å². The Labute approximate surface area is 271 Å². The Hall–Kier alpha value is -3.08. The topological polar surface area (TPSA) is 171 Å². The number of rotatable bonds is 5. The van der Waals surface area contributed by atoms with E-state index in [1.807, 2.05) is 12.2 Å². The zero-order chi connectivity index (χ0) is 32.2. The fourth-order valence-electron chi connectivity index (χ4n) is 13.5. The van der Waals surface area contributed by atoms with Crippen LogP contribution in [0.15, 0.2) is 12.2 Å². The molecule has 47 heavy (non-hydrogen) atoms. The molecule has 1 saturated heterocycles. The van der Waals surface area contributed by atoms with E-state index in [4.69, 9.17) is 14.2 Å². The van der Waals surface area contributed by atoms with Crippen LogP contribution in [0, 0.1) is 94.7 Å². The van der Waals surface area contributed by atoms with Crippen molar-refractivity contribution in [1.82, 2.24) is 0 Å². The summed E-state index contributed by atoms with van der Waals surface area (Å²) in [7, 11) is 0. The number of aliphatic hydroxyl groups is 1. The minimum atomic E-state index is -0.896. The number of ether oxygens (including phenoxy) is 3. The summed E-state index contributed by atoms with van der Waals surface area (Å²) in [6, 6.07) is 0. The van der Waals surface area contributed by atoms with E-state index in [9.17, 15) is 39.0 Å². The van der Waals surface area contributed by atoms with Crippen molar-refractivity contribution >= 4 is 35.4 Å². The van der Waals surface area contributed by atoms with Gasteiger partial charge in [0.1, 0.15) is 29.9 Å². The number of esters is 3. The van der Waals surface area contributed by atoms with Gasteiger partial charge in [-0.1, -0.05) is 12.2 Å². The van der Waals surface area contributed by atoms with Crippen molar-refractivity contribution in [3.8, 4) is 0 Å². The molecule has 11 nitrogen and oxygen atoms in total. The highest BCUT2D eigenvalue weighted by atomic mass is 16.6. The molecule has 9 saturated carbocycles. The molecule has 0 radical (unpaired) electrons. The van der Waals surface area contributed by atoms with E-state index in [-0.39, 0.29) is 77.5 Å². The van der Waals surface area contributed by atoms with Gasteiger partial charge in [-0.3, -0.25) is 28.8 Å². The van der Waals surface area contributed by atoms with Crippen LogP contribution in [-0.2, 0) is 43.0 Å². The molecule has 0 spiro atoms. The van der Waals surface area contributed by atoms with Gasteiger partial charge in [0.15, 0.2) is 0 Å². The summed E-state index contributed by atoms with van der Waals surface area (Å²) >= 11 is 0. The average Bonchev–Trinajstić information content (AvgIpc) is 3.88. The van der Waals surface area contributed by atoms with Gasteiger partial charge in [0.2, 0.25) is 0 Å². The zero-order valence-corrected chi connectivity index (χ0v) is 25.9. The number of carbonyl (C=O) groups excluding carboxylic acids is 5. The average molecular weight is 649 g/mol. The highest BCUT2D eigenvalue weighted by molar-refractivity contribution is 5.88. The third-order valence-electron chi connectivity index (χ3n) is 15.2. The van der Waals surface area contributed by atoms with E-state index >= 15 is 0 Å². The second-order valence-corrected chi connectivity index (χ2v) is 16.8. The minimum absolute atomic E-state index is 0.00477. The fraction of sp³-hybridized carbons (Fsp3) is 0.778. The Balaban J connectivity index is 0.000000121. The second-order valence-electron chi connectivity index (χ2n) is 16.8. The van der Waals surface area contributed by atoms with E-state index < -0.39 is 41.8 Å². The van der Waals surface area contributed by atoms with Crippen LogP contribution in [-0.4, -0.2) is 70.1 Å². The van der Waals surface area contributed by atoms with Crippen molar-refractivity contribution in [3.63, 3.8) is 0 Å². The first kappa shape index (κ1) is 28.9. The summed E-state index contributed by atoms with van der Waals surface area (Å²) in [5.74, 6) is -1.57. The number of carboxylic acid groups (broad SMARTS) is 1. The van der Waals surface area contributed by atoms with Crippen molar-refractivity contribution in [1.29, 1.82) is 0 Å². The molecule has 10 fully saturated rings. The Kier molecular flexibility index (Phi) is 6.00. The predicted octanol–water partition coefficient (Wildman–Crippen LogP) is 1.98. The van der Waals surface area contributed by atoms with Crippen LogP contribution in [0.2, 0.25) is 0 Å². The van der Waals surface area contributed by atoms with Crippen LogP contribution in [0.4, 0.5) is 0 Å². The molecule has 1 heterocycles. The highest BCUT2D eigenvalue weighted by Crippen LogP contribution is 2.62. The molecule has 11 heteroatoms. The third-order valence-corrected chi connectivity index (χ3v) is 15.2. The molecular weight excluding hydrogens is 608 g/mol. The van der Waals surface area contributed by atoms with Crippen LogP contribution < -0.4 is 0 Å². The Bertz CT molecular complexity index is 1530. The monoisotopic (exact) mass is 648 g/mol. The van der Waals surface area contributed by atoms with Gasteiger partial charge in [-0.25, -0.2) is 0 Å². The third kappa shape index (κ3) is 3.78. The number of ketones is 2. The fourth-order valence-corrected chi connectivity index (χ4v) is 13.5. The summed E-state index contributed by atoms with van der Waals surface area (Å²) in [6.07, 6.45) is 8.62. The predicted molar refractivity (Wildman–Crippen MR) is 155 cm³/mol. The van der Waals surface area contributed by atoms with Crippen molar-refractivity contribution in [3.05, 3.63) is 12.2 Å². The first-order chi connectivity index (χ1) is 22.6. The van der Waals surface area contributed by atoms with Crippen molar-refractivity contribution < 1.29 is 53.2 Å². The van der Waals surface area contributed by atoms with Gasteiger partial charge < -0.3 is 24.4 Å². The van der Waals surface area contributed by atoms with Gasteiger partial charge in [-0.2, -0.15) is 0 Å². The molecule has 2 N–H and O–H groups in total. The van der Waals surface area contributed by atoms with Crippen LogP contribution in [0.25, 0.3) is 0 Å². The lowest BCUT2D eigenvalue weighted by Crippen LogP contribution is -2.43. The Morgan fingerprint density at radius 1 is 0.660 bits per heavy atom. The number of hydrogen-bond acceptors (Lipinski definition) is 10. The van der Waals surface area contributed by atoms with E-state index in [0.29, 0.717) is 54.5 Å². The number of allylic oxidation sites excluding steroid dienone is 2. The number of aliphatic hydroxyl groups excluding tert-OH is 1. The van der Waals surface area contributed by atoms with Crippen LogP contribution in [0.1, 0.15) is 51.4 Å². The van der Waals surface area contributed by atoms with Gasteiger partial charge in [0.25, 0.3) is 0 Å². The number of hydrogen-bond donors (Lipinski definition) is 2. The number of aliphatic carboxylic acids is 1. The molecule has 20 unspecified atom stereocenters. The summed E-state index contributed by atoms with van der Waals surface area (Å²) in [4.78, 5) is 73.3. The molecule has 0 amide bonds. The summed E-state index contributed by atoms with van der Waals surface area (Å²) < 4.78 is 17.0. The van der Waals surface area contributed by atoms with Gasteiger partial charge >= 0.3 is 23.9 Å².